The van der Waals surface area contributed by atoms with E-state index in [1.54, 1.807) is 0 Å². The molecule has 0 bridgehead atoms. The van der Waals surface area contributed by atoms with E-state index in [1.165, 1.54) is 38.5 Å². The molecule has 0 radical (unpaired) electrons. The highest BCUT2D eigenvalue weighted by atomic mass is 16.3. The van der Waals surface area contributed by atoms with E-state index in [1.807, 2.05) is 0 Å². The molecular weight excluding hydrogens is 160 g/mol. The fourth-order valence-corrected chi connectivity index (χ4v) is 1.49. The van der Waals surface area contributed by atoms with Gasteiger partial charge in [-0.1, -0.05) is 52.9 Å². The van der Waals surface area contributed by atoms with Gasteiger partial charge in [-0.2, -0.15) is 0 Å². The lowest BCUT2D eigenvalue weighted by atomic mass is 10.0. The lowest BCUT2D eigenvalue weighted by Gasteiger charge is -2.07. The van der Waals surface area contributed by atoms with Crippen LogP contribution in [-0.2, 0) is 0 Å². The normalized spacial score (nSPS) is 13.6. The Bertz CT molecular complexity index is 99.3. The van der Waals surface area contributed by atoms with E-state index in [9.17, 15) is 0 Å². The molecule has 0 rings (SSSR count). The van der Waals surface area contributed by atoms with Crippen molar-refractivity contribution in [2.24, 2.45) is 11.8 Å². The Hall–Kier alpha value is -0.0400. The average molecular weight is 186 g/mol. The van der Waals surface area contributed by atoms with Crippen LogP contribution in [0.15, 0.2) is 0 Å². The van der Waals surface area contributed by atoms with E-state index >= 15 is 0 Å². The van der Waals surface area contributed by atoms with Crippen LogP contribution in [-0.4, -0.2) is 11.7 Å². The summed E-state index contributed by atoms with van der Waals surface area (Å²) in [4.78, 5) is 0. The van der Waals surface area contributed by atoms with Crippen LogP contribution in [0.1, 0.15) is 59.3 Å². The van der Waals surface area contributed by atoms with Crippen LogP contribution >= 0.6 is 0 Å². The minimum absolute atomic E-state index is 0.353. The maximum atomic E-state index is 8.81. The van der Waals surface area contributed by atoms with Gasteiger partial charge in [0, 0.05) is 6.61 Å². The van der Waals surface area contributed by atoms with Gasteiger partial charge in [-0.05, 0) is 18.3 Å². The van der Waals surface area contributed by atoms with Crippen molar-refractivity contribution in [3.63, 3.8) is 0 Å². The van der Waals surface area contributed by atoms with Gasteiger partial charge >= 0.3 is 0 Å². The van der Waals surface area contributed by atoms with Gasteiger partial charge in [-0.15, -0.1) is 0 Å². The molecule has 1 N–H and O–H groups in total. The van der Waals surface area contributed by atoms with Crippen molar-refractivity contribution in [1.29, 1.82) is 0 Å². The van der Waals surface area contributed by atoms with Gasteiger partial charge in [0.25, 0.3) is 0 Å². The van der Waals surface area contributed by atoms with Gasteiger partial charge in [0.05, 0.1) is 0 Å². The molecule has 0 amide bonds. The molecule has 0 saturated heterocycles. The third-order valence-corrected chi connectivity index (χ3v) is 2.54. The number of aliphatic hydroxyl groups is 1. The Kier molecular flexibility index (Phi) is 8.53. The van der Waals surface area contributed by atoms with Crippen LogP contribution in [0.5, 0.6) is 0 Å². The molecule has 0 spiro atoms. The summed E-state index contributed by atoms with van der Waals surface area (Å²) >= 11 is 0. The average Bonchev–Trinajstić information content (AvgIpc) is 2.10. The minimum Gasteiger partial charge on any atom is -0.396 e. The van der Waals surface area contributed by atoms with Gasteiger partial charge in [0.1, 0.15) is 0 Å². The van der Waals surface area contributed by atoms with Crippen molar-refractivity contribution in [3.8, 4) is 0 Å². The summed E-state index contributed by atoms with van der Waals surface area (Å²) in [5.74, 6) is 1.36. The van der Waals surface area contributed by atoms with Gasteiger partial charge in [0.2, 0.25) is 0 Å². The second kappa shape index (κ2) is 8.55. The summed E-state index contributed by atoms with van der Waals surface area (Å²) in [6, 6.07) is 0. The maximum Gasteiger partial charge on any atom is 0.0456 e. The SMILES string of the molecule is CC(C)CCCCCCC(C)CO. The second-order valence-corrected chi connectivity index (χ2v) is 4.67. The molecule has 1 heteroatoms. The molecule has 1 nitrogen and oxygen atoms in total. The van der Waals surface area contributed by atoms with Gasteiger partial charge in [-0.3, -0.25) is 0 Å². The Morgan fingerprint density at radius 3 is 1.85 bits per heavy atom. The van der Waals surface area contributed by atoms with Crippen LogP contribution in [0.3, 0.4) is 0 Å². The highest BCUT2D eigenvalue weighted by Crippen LogP contribution is 2.13. The standard InChI is InChI=1S/C12H26O/c1-11(2)8-6-4-5-7-9-12(3)10-13/h11-13H,4-10H2,1-3H3. The number of unbranched alkanes of at least 4 members (excludes halogenated alkanes) is 3. The first kappa shape index (κ1) is 13.0. The summed E-state index contributed by atoms with van der Waals surface area (Å²) in [6.07, 6.45) is 7.95. The molecule has 0 aliphatic carbocycles. The molecule has 0 aliphatic rings. The van der Waals surface area contributed by atoms with Gasteiger partial charge < -0.3 is 5.11 Å². The molecular formula is C12H26O. The van der Waals surface area contributed by atoms with Gasteiger partial charge in [-0.25, -0.2) is 0 Å². The third-order valence-electron chi connectivity index (χ3n) is 2.54. The van der Waals surface area contributed by atoms with E-state index in [4.69, 9.17) is 5.11 Å². The topological polar surface area (TPSA) is 20.2 Å². The molecule has 0 heterocycles. The number of aliphatic hydroxyl groups excluding tert-OH is 1. The molecule has 0 aromatic heterocycles. The quantitative estimate of drug-likeness (QED) is 0.574. The molecule has 0 saturated carbocycles. The molecule has 80 valence electrons. The molecule has 1 unspecified atom stereocenters. The van der Waals surface area contributed by atoms with Crippen molar-refractivity contribution in [3.05, 3.63) is 0 Å². The van der Waals surface area contributed by atoms with E-state index in [2.05, 4.69) is 20.8 Å². The van der Waals surface area contributed by atoms with Crippen LogP contribution in [0.25, 0.3) is 0 Å². The zero-order valence-corrected chi connectivity index (χ0v) is 9.55. The molecule has 0 aliphatic heterocycles. The van der Waals surface area contributed by atoms with Crippen molar-refractivity contribution in [2.75, 3.05) is 6.61 Å². The highest BCUT2D eigenvalue weighted by molar-refractivity contribution is 4.52. The smallest absolute Gasteiger partial charge is 0.0456 e. The first-order valence-corrected chi connectivity index (χ1v) is 5.77. The Morgan fingerprint density at radius 1 is 0.846 bits per heavy atom. The fourth-order valence-electron chi connectivity index (χ4n) is 1.49. The fraction of sp³-hybridized carbons (Fsp3) is 1.00. The van der Waals surface area contributed by atoms with Crippen molar-refractivity contribution in [1.82, 2.24) is 0 Å². The zero-order chi connectivity index (χ0) is 10.1. The predicted molar refractivity (Wildman–Crippen MR) is 58.8 cm³/mol. The molecule has 0 aromatic carbocycles. The lowest BCUT2D eigenvalue weighted by Crippen LogP contribution is -1.99. The Balaban J connectivity index is 2.99. The Morgan fingerprint density at radius 2 is 1.38 bits per heavy atom. The number of hydrogen-bond donors (Lipinski definition) is 1. The summed E-state index contributed by atoms with van der Waals surface area (Å²) in [6.45, 7) is 7.04. The van der Waals surface area contributed by atoms with Crippen molar-refractivity contribution in [2.45, 2.75) is 59.3 Å². The third kappa shape index (κ3) is 9.88. The van der Waals surface area contributed by atoms with E-state index < -0.39 is 0 Å². The Labute approximate surface area is 83.5 Å². The summed E-state index contributed by atoms with van der Waals surface area (Å²) < 4.78 is 0. The zero-order valence-electron chi connectivity index (χ0n) is 9.55. The molecule has 1 atom stereocenters. The molecule has 0 aromatic rings. The van der Waals surface area contributed by atoms with Gasteiger partial charge in [0.15, 0.2) is 0 Å². The van der Waals surface area contributed by atoms with Crippen molar-refractivity contribution < 1.29 is 5.11 Å². The lowest BCUT2D eigenvalue weighted by molar-refractivity contribution is 0.227. The second-order valence-electron chi connectivity index (χ2n) is 4.67. The number of hydrogen-bond acceptors (Lipinski definition) is 1. The monoisotopic (exact) mass is 186 g/mol. The van der Waals surface area contributed by atoms with E-state index in [0.29, 0.717) is 12.5 Å². The minimum atomic E-state index is 0.353. The van der Waals surface area contributed by atoms with Crippen LogP contribution in [0.4, 0.5) is 0 Å². The highest BCUT2D eigenvalue weighted by Gasteiger charge is 1.99. The maximum absolute atomic E-state index is 8.81. The summed E-state index contributed by atoms with van der Waals surface area (Å²) in [5, 5.41) is 8.81. The van der Waals surface area contributed by atoms with Crippen molar-refractivity contribution >= 4 is 0 Å². The van der Waals surface area contributed by atoms with Crippen LogP contribution in [0, 0.1) is 11.8 Å². The summed E-state index contributed by atoms with van der Waals surface area (Å²) in [5.41, 5.74) is 0. The largest absolute Gasteiger partial charge is 0.396 e. The van der Waals surface area contributed by atoms with E-state index in [0.717, 1.165) is 5.92 Å². The van der Waals surface area contributed by atoms with Crippen LogP contribution < -0.4 is 0 Å². The predicted octanol–water partition coefficient (Wildman–Crippen LogP) is 3.61. The molecule has 0 fully saturated rings. The first-order valence-electron chi connectivity index (χ1n) is 5.77. The molecule has 13 heavy (non-hydrogen) atoms. The number of rotatable bonds is 8. The van der Waals surface area contributed by atoms with Crippen LogP contribution in [0.2, 0.25) is 0 Å². The first-order chi connectivity index (χ1) is 6.16. The van der Waals surface area contributed by atoms with E-state index in [-0.39, 0.29) is 0 Å². The summed E-state index contributed by atoms with van der Waals surface area (Å²) in [7, 11) is 0.